The third-order valence-electron chi connectivity index (χ3n) is 3.12. The standard InChI is InChI=1S/C12H17NO4S/c1-16-9-3-2-4-10(7-9)18(14,15)12-8-17-6-5-11(12)13/h2-4,7,11-12H,5-6,8,13H2,1H3. The Labute approximate surface area is 107 Å². The molecule has 1 aliphatic rings. The summed E-state index contributed by atoms with van der Waals surface area (Å²) in [6.45, 7) is 0.673. The smallest absolute Gasteiger partial charge is 0.185 e. The van der Waals surface area contributed by atoms with Gasteiger partial charge in [-0.1, -0.05) is 6.07 Å². The van der Waals surface area contributed by atoms with Crippen LogP contribution in [0.15, 0.2) is 29.2 Å². The summed E-state index contributed by atoms with van der Waals surface area (Å²) >= 11 is 0. The van der Waals surface area contributed by atoms with E-state index in [1.54, 1.807) is 18.2 Å². The molecule has 6 heteroatoms. The van der Waals surface area contributed by atoms with Crippen molar-refractivity contribution >= 4 is 9.84 Å². The van der Waals surface area contributed by atoms with Crippen LogP contribution in [0, 0.1) is 0 Å². The highest BCUT2D eigenvalue weighted by Crippen LogP contribution is 2.24. The molecule has 1 fully saturated rings. The number of methoxy groups -OCH3 is 1. The molecule has 100 valence electrons. The summed E-state index contributed by atoms with van der Waals surface area (Å²) in [4.78, 5) is 0.229. The first-order chi connectivity index (χ1) is 8.55. The lowest BCUT2D eigenvalue weighted by Crippen LogP contribution is -2.47. The molecule has 1 saturated heterocycles. The largest absolute Gasteiger partial charge is 0.497 e. The number of benzene rings is 1. The maximum absolute atomic E-state index is 12.5. The van der Waals surface area contributed by atoms with Crippen LogP contribution in [0.2, 0.25) is 0 Å². The van der Waals surface area contributed by atoms with Crippen molar-refractivity contribution in [1.29, 1.82) is 0 Å². The number of ether oxygens (including phenoxy) is 2. The average Bonchev–Trinajstić information content (AvgIpc) is 2.39. The Morgan fingerprint density at radius 2 is 2.22 bits per heavy atom. The minimum absolute atomic E-state index is 0.153. The second kappa shape index (κ2) is 5.26. The number of rotatable bonds is 3. The van der Waals surface area contributed by atoms with E-state index in [1.165, 1.54) is 13.2 Å². The molecule has 1 heterocycles. The highest BCUT2D eigenvalue weighted by Gasteiger charge is 2.35. The van der Waals surface area contributed by atoms with Gasteiger partial charge in [-0.05, 0) is 24.6 Å². The van der Waals surface area contributed by atoms with Crippen LogP contribution in [-0.4, -0.2) is 40.0 Å². The molecule has 0 aliphatic carbocycles. The Kier molecular flexibility index (Phi) is 3.89. The summed E-state index contributed by atoms with van der Waals surface area (Å²) in [5.74, 6) is 0.515. The molecular weight excluding hydrogens is 254 g/mol. The van der Waals surface area contributed by atoms with E-state index in [-0.39, 0.29) is 17.5 Å². The zero-order chi connectivity index (χ0) is 13.2. The second-order valence-electron chi connectivity index (χ2n) is 4.29. The Morgan fingerprint density at radius 3 is 2.89 bits per heavy atom. The molecule has 2 N–H and O–H groups in total. The summed E-state index contributed by atoms with van der Waals surface area (Å²) in [6, 6.07) is 6.04. The SMILES string of the molecule is COc1cccc(S(=O)(=O)C2COCCC2N)c1. The Balaban J connectivity index is 2.34. The fourth-order valence-electron chi connectivity index (χ4n) is 2.00. The van der Waals surface area contributed by atoms with E-state index in [4.69, 9.17) is 15.2 Å². The number of hydrogen-bond acceptors (Lipinski definition) is 5. The number of nitrogens with two attached hydrogens (primary N) is 1. The van der Waals surface area contributed by atoms with E-state index in [2.05, 4.69) is 0 Å². The first-order valence-electron chi connectivity index (χ1n) is 5.77. The van der Waals surface area contributed by atoms with Gasteiger partial charge in [-0.3, -0.25) is 0 Å². The van der Waals surface area contributed by atoms with Crippen LogP contribution in [0.3, 0.4) is 0 Å². The lowest BCUT2D eigenvalue weighted by Gasteiger charge is -2.28. The van der Waals surface area contributed by atoms with Crippen molar-refractivity contribution in [1.82, 2.24) is 0 Å². The number of hydrogen-bond donors (Lipinski definition) is 1. The molecule has 0 aromatic heterocycles. The van der Waals surface area contributed by atoms with Crippen molar-refractivity contribution in [3.8, 4) is 5.75 Å². The van der Waals surface area contributed by atoms with Gasteiger partial charge in [-0.15, -0.1) is 0 Å². The van der Waals surface area contributed by atoms with Crippen LogP contribution in [0.4, 0.5) is 0 Å². The van der Waals surface area contributed by atoms with Gasteiger partial charge < -0.3 is 15.2 Å². The van der Waals surface area contributed by atoms with Gasteiger partial charge in [-0.2, -0.15) is 0 Å². The lowest BCUT2D eigenvalue weighted by atomic mass is 10.1. The molecule has 5 nitrogen and oxygen atoms in total. The van der Waals surface area contributed by atoms with Crippen LogP contribution >= 0.6 is 0 Å². The van der Waals surface area contributed by atoms with Crippen molar-refractivity contribution in [3.63, 3.8) is 0 Å². The molecule has 18 heavy (non-hydrogen) atoms. The normalized spacial score (nSPS) is 24.8. The minimum Gasteiger partial charge on any atom is -0.497 e. The monoisotopic (exact) mass is 271 g/mol. The minimum atomic E-state index is -3.47. The first kappa shape index (κ1) is 13.3. The molecule has 1 aliphatic heterocycles. The molecular formula is C12H17NO4S. The fourth-order valence-corrected chi connectivity index (χ4v) is 3.77. The van der Waals surface area contributed by atoms with Crippen LogP contribution in [0.1, 0.15) is 6.42 Å². The lowest BCUT2D eigenvalue weighted by molar-refractivity contribution is 0.0891. The van der Waals surface area contributed by atoms with Crippen LogP contribution in [-0.2, 0) is 14.6 Å². The van der Waals surface area contributed by atoms with E-state index in [1.807, 2.05) is 0 Å². The Bertz CT molecular complexity index is 515. The zero-order valence-corrected chi connectivity index (χ0v) is 11.0. The highest BCUT2D eigenvalue weighted by molar-refractivity contribution is 7.92. The molecule has 0 radical (unpaired) electrons. The molecule has 1 aromatic carbocycles. The molecule has 0 saturated carbocycles. The summed E-state index contributed by atoms with van der Waals surface area (Å²) in [5.41, 5.74) is 5.88. The third-order valence-corrected chi connectivity index (χ3v) is 5.32. The highest BCUT2D eigenvalue weighted by atomic mass is 32.2. The summed E-state index contributed by atoms with van der Waals surface area (Å²) in [6.07, 6.45) is 0.563. The van der Waals surface area contributed by atoms with Gasteiger partial charge in [0, 0.05) is 12.6 Å². The van der Waals surface area contributed by atoms with Crippen LogP contribution in [0.25, 0.3) is 0 Å². The van der Waals surface area contributed by atoms with Crippen LogP contribution < -0.4 is 10.5 Å². The van der Waals surface area contributed by atoms with Gasteiger partial charge in [-0.25, -0.2) is 8.42 Å². The predicted molar refractivity (Wildman–Crippen MR) is 67.4 cm³/mol. The van der Waals surface area contributed by atoms with E-state index < -0.39 is 15.1 Å². The summed E-state index contributed by atoms with van der Waals surface area (Å²) in [5, 5.41) is -0.682. The second-order valence-corrected chi connectivity index (χ2v) is 6.46. The zero-order valence-electron chi connectivity index (χ0n) is 10.2. The van der Waals surface area contributed by atoms with E-state index in [9.17, 15) is 8.42 Å². The fraction of sp³-hybridized carbons (Fsp3) is 0.500. The van der Waals surface area contributed by atoms with Crippen molar-refractivity contribution in [2.75, 3.05) is 20.3 Å². The maximum atomic E-state index is 12.5. The molecule has 2 unspecified atom stereocenters. The van der Waals surface area contributed by atoms with Crippen LogP contribution in [0.5, 0.6) is 5.75 Å². The van der Waals surface area contributed by atoms with Gasteiger partial charge in [0.2, 0.25) is 0 Å². The van der Waals surface area contributed by atoms with Crippen molar-refractivity contribution < 1.29 is 17.9 Å². The predicted octanol–water partition coefficient (Wildman–Crippen LogP) is 0.585. The van der Waals surface area contributed by atoms with Gasteiger partial charge >= 0.3 is 0 Å². The third kappa shape index (κ3) is 2.50. The maximum Gasteiger partial charge on any atom is 0.185 e. The Morgan fingerprint density at radius 1 is 1.44 bits per heavy atom. The Hall–Kier alpha value is -1.11. The summed E-state index contributed by atoms with van der Waals surface area (Å²) in [7, 11) is -1.97. The van der Waals surface area contributed by atoms with Crippen molar-refractivity contribution in [2.24, 2.45) is 5.73 Å². The van der Waals surface area contributed by atoms with Gasteiger partial charge in [0.05, 0.1) is 18.6 Å². The molecule has 0 spiro atoms. The van der Waals surface area contributed by atoms with Gasteiger partial charge in [0.1, 0.15) is 11.0 Å². The first-order valence-corrected chi connectivity index (χ1v) is 7.31. The van der Waals surface area contributed by atoms with E-state index >= 15 is 0 Å². The molecule has 0 amide bonds. The van der Waals surface area contributed by atoms with Crippen molar-refractivity contribution in [2.45, 2.75) is 22.6 Å². The van der Waals surface area contributed by atoms with E-state index in [0.717, 1.165) is 0 Å². The van der Waals surface area contributed by atoms with Crippen molar-refractivity contribution in [3.05, 3.63) is 24.3 Å². The quantitative estimate of drug-likeness (QED) is 0.870. The number of sulfone groups is 1. The molecule has 2 rings (SSSR count). The summed E-state index contributed by atoms with van der Waals surface area (Å²) < 4.78 is 35.2. The molecule has 2 atom stereocenters. The van der Waals surface area contributed by atoms with E-state index in [0.29, 0.717) is 18.8 Å². The topological polar surface area (TPSA) is 78.6 Å². The van der Waals surface area contributed by atoms with Gasteiger partial charge in [0.15, 0.2) is 9.84 Å². The molecule has 0 bridgehead atoms. The van der Waals surface area contributed by atoms with Gasteiger partial charge in [0.25, 0.3) is 0 Å². The molecule has 1 aromatic rings. The average molecular weight is 271 g/mol.